The highest BCUT2D eigenvalue weighted by Crippen LogP contribution is 2.17. The molecule has 1 fully saturated rings. The van der Waals surface area contributed by atoms with Crippen LogP contribution in [0.5, 0.6) is 5.75 Å². The van der Waals surface area contributed by atoms with Crippen LogP contribution in [0.4, 0.5) is 0 Å². The van der Waals surface area contributed by atoms with Crippen molar-refractivity contribution in [2.75, 3.05) is 39.3 Å². The molecule has 1 saturated heterocycles. The Morgan fingerprint density at radius 1 is 1.22 bits per heavy atom. The fourth-order valence-electron chi connectivity index (χ4n) is 2.57. The van der Waals surface area contributed by atoms with Crippen molar-refractivity contribution in [2.45, 2.75) is 12.8 Å². The van der Waals surface area contributed by atoms with Gasteiger partial charge in [0.25, 0.3) is 0 Å². The maximum absolute atomic E-state index is 12.2. The molecule has 0 atom stereocenters. The van der Waals surface area contributed by atoms with Crippen molar-refractivity contribution in [3.05, 3.63) is 29.3 Å². The summed E-state index contributed by atoms with van der Waals surface area (Å²) >= 11 is 5.88. The molecule has 23 heavy (non-hydrogen) atoms. The van der Waals surface area contributed by atoms with E-state index < -0.39 is 0 Å². The summed E-state index contributed by atoms with van der Waals surface area (Å²) < 4.78 is 5.55. The first-order valence-electron chi connectivity index (χ1n) is 7.71. The highest BCUT2D eigenvalue weighted by atomic mass is 35.5. The van der Waals surface area contributed by atoms with Gasteiger partial charge in [-0.2, -0.15) is 0 Å². The first-order chi connectivity index (χ1) is 11.0. The lowest BCUT2D eigenvalue weighted by atomic mass is 10.3. The molecule has 0 unspecified atom stereocenters. The van der Waals surface area contributed by atoms with E-state index in [0.717, 1.165) is 13.0 Å². The molecule has 0 aromatic heterocycles. The van der Waals surface area contributed by atoms with Crippen molar-refractivity contribution < 1.29 is 14.3 Å². The van der Waals surface area contributed by atoms with Crippen LogP contribution in [0.1, 0.15) is 12.8 Å². The maximum Gasteiger partial charge on any atom is 0.231 e. The van der Waals surface area contributed by atoms with Gasteiger partial charge >= 0.3 is 0 Å². The van der Waals surface area contributed by atoms with Crippen molar-refractivity contribution in [3.8, 4) is 5.75 Å². The highest BCUT2D eigenvalue weighted by molar-refractivity contribution is 6.30. The summed E-state index contributed by atoms with van der Waals surface area (Å²) in [7, 11) is 0. The van der Waals surface area contributed by atoms with Crippen LogP contribution in [0.2, 0.25) is 5.02 Å². The zero-order chi connectivity index (χ0) is 16.7. The third-order valence-electron chi connectivity index (χ3n) is 3.70. The number of benzene rings is 1. The third-order valence-corrected chi connectivity index (χ3v) is 3.94. The zero-order valence-corrected chi connectivity index (χ0v) is 13.8. The fourth-order valence-corrected chi connectivity index (χ4v) is 2.75. The van der Waals surface area contributed by atoms with Gasteiger partial charge in [0, 0.05) is 31.2 Å². The molecule has 0 saturated carbocycles. The second-order valence-corrected chi connectivity index (χ2v) is 5.97. The predicted octanol–water partition coefficient (Wildman–Crippen LogP) is 1.13. The van der Waals surface area contributed by atoms with Crippen LogP contribution in [0.25, 0.3) is 0 Å². The number of carbonyl (C=O) groups excluding carboxylic acids is 2. The molecule has 0 radical (unpaired) electrons. The van der Waals surface area contributed by atoms with Gasteiger partial charge in [-0.05, 0) is 24.6 Å². The number of hydrogen-bond acceptors (Lipinski definition) is 4. The Kier molecular flexibility index (Phi) is 6.67. The molecule has 126 valence electrons. The number of amides is 2. The Bertz CT molecular complexity index is 553. The quantitative estimate of drug-likeness (QED) is 0.843. The van der Waals surface area contributed by atoms with Crippen LogP contribution < -0.4 is 10.5 Å². The minimum Gasteiger partial charge on any atom is -0.493 e. The lowest BCUT2D eigenvalue weighted by molar-refractivity contribution is -0.131. The van der Waals surface area contributed by atoms with Gasteiger partial charge < -0.3 is 15.4 Å². The molecule has 1 heterocycles. The van der Waals surface area contributed by atoms with Crippen molar-refractivity contribution in [1.82, 2.24) is 9.80 Å². The van der Waals surface area contributed by atoms with Gasteiger partial charge in [0.2, 0.25) is 11.8 Å². The summed E-state index contributed by atoms with van der Waals surface area (Å²) in [5.41, 5.74) is 5.21. The second kappa shape index (κ2) is 8.74. The van der Waals surface area contributed by atoms with E-state index in [0.29, 0.717) is 43.4 Å². The minimum atomic E-state index is -0.334. The number of ether oxygens (including phenoxy) is 1. The third kappa shape index (κ3) is 6.08. The van der Waals surface area contributed by atoms with Gasteiger partial charge in [0.05, 0.1) is 19.6 Å². The monoisotopic (exact) mass is 339 g/mol. The topological polar surface area (TPSA) is 75.9 Å². The minimum absolute atomic E-state index is 0.0629. The number of nitrogens with zero attached hydrogens (tertiary/aromatic N) is 2. The van der Waals surface area contributed by atoms with Crippen LogP contribution in [0.15, 0.2) is 24.3 Å². The molecule has 2 N–H and O–H groups in total. The number of halogens is 1. The maximum atomic E-state index is 12.2. The van der Waals surface area contributed by atoms with Crippen LogP contribution in [0.3, 0.4) is 0 Å². The molecule has 1 aliphatic heterocycles. The van der Waals surface area contributed by atoms with E-state index in [1.807, 2.05) is 21.9 Å². The smallest absolute Gasteiger partial charge is 0.231 e. The van der Waals surface area contributed by atoms with Crippen molar-refractivity contribution in [2.24, 2.45) is 5.73 Å². The second-order valence-electron chi connectivity index (χ2n) is 5.53. The number of hydrogen-bond donors (Lipinski definition) is 1. The predicted molar refractivity (Wildman–Crippen MR) is 88.4 cm³/mol. The molecule has 0 bridgehead atoms. The van der Waals surface area contributed by atoms with E-state index in [9.17, 15) is 9.59 Å². The van der Waals surface area contributed by atoms with E-state index in [1.165, 1.54) is 0 Å². The van der Waals surface area contributed by atoms with Crippen molar-refractivity contribution >= 4 is 23.4 Å². The van der Waals surface area contributed by atoms with Gasteiger partial charge in [-0.15, -0.1) is 0 Å². The molecular formula is C16H22ClN3O3. The first-order valence-corrected chi connectivity index (χ1v) is 8.09. The Hall–Kier alpha value is -1.79. The normalized spacial score (nSPS) is 16.0. The highest BCUT2D eigenvalue weighted by Gasteiger charge is 2.19. The van der Waals surface area contributed by atoms with Crippen LogP contribution >= 0.6 is 11.6 Å². The van der Waals surface area contributed by atoms with Crippen molar-refractivity contribution in [3.63, 3.8) is 0 Å². The molecule has 0 aliphatic carbocycles. The molecule has 2 rings (SSSR count). The Morgan fingerprint density at radius 2 is 2.04 bits per heavy atom. The average molecular weight is 340 g/mol. The molecule has 1 aromatic rings. The van der Waals surface area contributed by atoms with Crippen molar-refractivity contribution in [1.29, 1.82) is 0 Å². The largest absolute Gasteiger partial charge is 0.493 e. The van der Waals surface area contributed by atoms with Gasteiger partial charge in [0.15, 0.2) is 0 Å². The van der Waals surface area contributed by atoms with E-state index in [1.54, 1.807) is 12.1 Å². The van der Waals surface area contributed by atoms with Gasteiger partial charge in [0.1, 0.15) is 5.75 Å². The fraction of sp³-hybridized carbons (Fsp3) is 0.500. The summed E-state index contributed by atoms with van der Waals surface area (Å²) in [4.78, 5) is 27.0. The lowest BCUT2D eigenvalue weighted by Crippen LogP contribution is -2.38. The number of nitrogens with two attached hydrogens (primary N) is 1. The number of primary amides is 1. The molecule has 1 aliphatic rings. The van der Waals surface area contributed by atoms with Gasteiger partial charge in [-0.1, -0.05) is 17.7 Å². The zero-order valence-electron chi connectivity index (χ0n) is 13.0. The SMILES string of the molecule is NC(=O)CN1CCCN(C(=O)CCOc2cccc(Cl)c2)CC1. The molecular weight excluding hydrogens is 318 g/mol. The summed E-state index contributed by atoms with van der Waals surface area (Å²) in [6.45, 7) is 3.34. The Labute approximate surface area is 141 Å². The number of rotatable bonds is 6. The molecule has 2 amide bonds. The van der Waals surface area contributed by atoms with E-state index >= 15 is 0 Å². The van der Waals surface area contributed by atoms with Crippen LogP contribution in [0, 0.1) is 0 Å². The summed E-state index contributed by atoms with van der Waals surface area (Å²) in [5, 5.41) is 0.607. The average Bonchev–Trinajstić information content (AvgIpc) is 2.72. The number of carbonyl (C=O) groups is 2. The Morgan fingerprint density at radius 3 is 2.78 bits per heavy atom. The molecule has 0 spiro atoms. The summed E-state index contributed by atoms with van der Waals surface area (Å²) in [5.74, 6) is 0.390. The van der Waals surface area contributed by atoms with Crippen LogP contribution in [-0.4, -0.2) is 60.9 Å². The van der Waals surface area contributed by atoms with Gasteiger partial charge in [-0.3, -0.25) is 14.5 Å². The first kappa shape index (κ1) is 17.6. The van der Waals surface area contributed by atoms with E-state index in [4.69, 9.17) is 22.1 Å². The standard InChI is InChI=1S/C16H22ClN3O3/c17-13-3-1-4-14(11-13)23-10-5-16(22)20-7-2-6-19(8-9-20)12-15(18)21/h1,3-4,11H,2,5-10,12H2,(H2,18,21). The molecule has 6 nitrogen and oxygen atoms in total. The molecule has 1 aromatic carbocycles. The summed E-state index contributed by atoms with van der Waals surface area (Å²) in [6, 6.07) is 7.11. The molecule has 7 heteroatoms. The lowest BCUT2D eigenvalue weighted by Gasteiger charge is -2.21. The Balaban J connectivity index is 1.74. The van der Waals surface area contributed by atoms with E-state index in [-0.39, 0.29) is 18.4 Å². The van der Waals surface area contributed by atoms with Crippen LogP contribution in [-0.2, 0) is 9.59 Å². The van der Waals surface area contributed by atoms with E-state index in [2.05, 4.69) is 0 Å². The summed E-state index contributed by atoms with van der Waals surface area (Å²) in [6.07, 6.45) is 1.16. The van der Waals surface area contributed by atoms with Gasteiger partial charge in [-0.25, -0.2) is 0 Å².